The Labute approximate surface area is 239 Å². The number of carbonyl (C=O) groups is 1. The summed E-state index contributed by atoms with van der Waals surface area (Å²) < 4.78 is 20.1. The van der Waals surface area contributed by atoms with Gasteiger partial charge in [-0.05, 0) is 35.2 Å². The molecule has 0 aliphatic carbocycles. The third kappa shape index (κ3) is 6.29. The van der Waals surface area contributed by atoms with E-state index < -0.39 is 0 Å². The van der Waals surface area contributed by atoms with Gasteiger partial charge in [-0.1, -0.05) is 12.1 Å². The second kappa shape index (κ2) is 12.4. The van der Waals surface area contributed by atoms with Crippen LogP contribution in [0.3, 0.4) is 0 Å². The Morgan fingerprint density at radius 1 is 0.927 bits per heavy atom. The summed E-state index contributed by atoms with van der Waals surface area (Å²) in [6.45, 7) is 7.45. The number of alkyl halides is 1. The van der Waals surface area contributed by atoms with Crippen LogP contribution in [0.4, 0.5) is 10.2 Å². The zero-order chi connectivity index (χ0) is 28.2. The second-order valence-corrected chi connectivity index (χ2v) is 10.8. The number of pyridine rings is 2. The van der Waals surface area contributed by atoms with Crippen LogP contribution in [0.25, 0.3) is 21.9 Å². The number of halogens is 1. The number of piperazine rings is 1. The number of anilines is 1. The zero-order valence-electron chi connectivity index (χ0n) is 23.5. The van der Waals surface area contributed by atoms with E-state index in [0.29, 0.717) is 12.1 Å². The molecule has 0 spiro atoms. The lowest BCUT2D eigenvalue weighted by Crippen LogP contribution is -2.47. The number of fused-ring (bicyclic) bond motifs is 1. The highest BCUT2D eigenvalue weighted by atomic mass is 19.1. The van der Waals surface area contributed by atoms with E-state index in [-0.39, 0.29) is 18.9 Å². The minimum Gasteiger partial charge on any atom is -0.379 e. The van der Waals surface area contributed by atoms with Gasteiger partial charge in [-0.15, -0.1) is 0 Å². The van der Waals surface area contributed by atoms with Gasteiger partial charge in [0.05, 0.1) is 31.5 Å². The number of carbonyl (C=O) groups excluding carboxylic acids is 1. The molecule has 3 aromatic heterocycles. The molecule has 9 nitrogen and oxygen atoms in total. The molecule has 0 atom stereocenters. The maximum absolute atomic E-state index is 13.3. The molecule has 5 heterocycles. The molecule has 4 aromatic rings. The van der Waals surface area contributed by atoms with Crippen molar-refractivity contribution in [3.63, 3.8) is 0 Å². The monoisotopic (exact) mass is 557 g/mol. The van der Waals surface area contributed by atoms with Gasteiger partial charge in [0.15, 0.2) is 5.78 Å². The molecule has 1 aromatic carbocycles. The first kappa shape index (κ1) is 27.4. The van der Waals surface area contributed by atoms with Gasteiger partial charge in [-0.2, -0.15) is 5.10 Å². The third-order valence-corrected chi connectivity index (χ3v) is 8.13. The van der Waals surface area contributed by atoms with E-state index in [9.17, 15) is 9.18 Å². The zero-order valence-corrected chi connectivity index (χ0v) is 23.5. The Morgan fingerprint density at radius 2 is 1.76 bits per heavy atom. The lowest BCUT2D eigenvalue weighted by molar-refractivity contribution is 0.0332. The molecule has 10 heteroatoms. The predicted octanol–water partition coefficient (Wildman–Crippen LogP) is 3.38. The number of ketones is 1. The van der Waals surface area contributed by atoms with E-state index >= 15 is 0 Å². The Bertz CT molecular complexity index is 1510. The van der Waals surface area contributed by atoms with Crippen LogP contribution in [0.5, 0.6) is 0 Å². The first-order chi connectivity index (χ1) is 20.1. The summed E-state index contributed by atoms with van der Waals surface area (Å²) >= 11 is 0. The van der Waals surface area contributed by atoms with E-state index in [1.54, 1.807) is 12.3 Å². The van der Waals surface area contributed by atoms with Crippen LogP contribution < -0.4 is 4.90 Å². The van der Waals surface area contributed by atoms with Crippen LogP contribution >= 0.6 is 0 Å². The number of rotatable bonds is 9. The summed E-state index contributed by atoms with van der Waals surface area (Å²) in [6, 6.07) is 12.0. The molecule has 2 fully saturated rings. The summed E-state index contributed by atoms with van der Waals surface area (Å²) in [7, 11) is 1.99. The van der Waals surface area contributed by atoms with Crippen LogP contribution in [0.1, 0.15) is 21.7 Å². The van der Waals surface area contributed by atoms with Gasteiger partial charge < -0.3 is 9.64 Å². The fourth-order valence-electron chi connectivity index (χ4n) is 5.66. The third-order valence-electron chi connectivity index (χ3n) is 8.13. The predicted molar refractivity (Wildman–Crippen MR) is 157 cm³/mol. The van der Waals surface area contributed by atoms with Crippen molar-refractivity contribution in [3.05, 3.63) is 71.9 Å². The van der Waals surface area contributed by atoms with Gasteiger partial charge in [0.2, 0.25) is 0 Å². The normalized spacial score (nSPS) is 16.9. The highest BCUT2D eigenvalue weighted by Gasteiger charge is 2.20. The number of nitrogens with zero attached hydrogens (tertiary/aromatic N) is 7. The summed E-state index contributed by atoms with van der Waals surface area (Å²) in [4.78, 5) is 29.0. The summed E-state index contributed by atoms with van der Waals surface area (Å²) in [5.74, 6) is 0.795. The minimum atomic E-state index is -0.328. The molecule has 0 unspecified atom stereocenters. The van der Waals surface area contributed by atoms with Crippen molar-refractivity contribution in [1.29, 1.82) is 0 Å². The number of aromatic nitrogens is 4. The Hall–Kier alpha value is -3.73. The summed E-state index contributed by atoms with van der Waals surface area (Å²) in [5.41, 5.74) is 4.75. The molecule has 41 heavy (non-hydrogen) atoms. The highest BCUT2D eigenvalue weighted by molar-refractivity contribution is 5.98. The van der Waals surface area contributed by atoms with E-state index in [1.807, 2.05) is 36.3 Å². The number of Topliss-reactive ketones (excluding diaryl/α,β-unsaturated/α-hetero) is 1. The SMILES string of the molecule is Cn1ncc(-c2ccc3cnc(CC(=O)c4ccnc(N5CCN(CCF)CC5)c4)cc3c2)c1CN1CCOCC1. The molecule has 6 rings (SSSR count). The number of benzene rings is 1. The van der Waals surface area contributed by atoms with Gasteiger partial charge in [0.25, 0.3) is 0 Å². The molecule has 2 aliphatic heterocycles. The lowest BCUT2D eigenvalue weighted by atomic mass is 10.0. The van der Waals surface area contributed by atoms with Gasteiger partial charge >= 0.3 is 0 Å². The average molecular weight is 558 g/mol. The molecule has 0 saturated carbocycles. The maximum Gasteiger partial charge on any atom is 0.169 e. The van der Waals surface area contributed by atoms with Gasteiger partial charge in [0.1, 0.15) is 12.5 Å². The first-order valence-electron chi connectivity index (χ1n) is 14.3. The minimum absolute atomic E-state index is 0.00720. The molecule has 0 amide bonds. The molecule has 0 bridgehead atoms. The van der Waals surface area contributed by atoms with E-state index in [4.69, 9.17) is 4.74 Å². The second-order valence-electron chi connectivity index (χ2n) is 10.8. The average Bonchev–Trinajstić information content (AvgIpc) is 3.37. The highest BCUT2D eigenvalue weighted by Crippen LogP contribution is 2.28. The Balaban J connectivity index is 1.18. The number of ether oxygens (including phenoxy) is 1. The van der Waals surface area contributed by atoms with E-state index in [1.165, 1.54) is 5.69 Å². The van der Waals surface area contributed by atoms with Gasteiger partial charge in [-0.25, -0.2) is 9.37 Å². The quantitative estimate of drug-likeness (QED) is 0.290. The fraction of sp³-hybridized carbons (Fsp3) is 0.419. The van der Waals surface area contributed by atoms with Crippen molar-refractivity contribution >= 4 is 22.4 Å². The summed E-state index contributed by atoms with van der Waals surface area (Å²) in [6.07, 6.45) is 5.68. The molecule has 2 aliphatic rings. The molecular weight excluding hydrogens is 521 g/mol. The van der Waals surface area contributed by atoms with Crippen LogP contribution in [-0.4, -0.2) is 101 Å². The number of morpholine rings is 1. The standard InChI is InChI=1S/C31H36FN7O2/c1-36-29(22-38-12-14-41-15-13-38)28(21-35-36)23-2-3-25-20-34-27(17-26(25)16-23)19-30(40)24-4-6-33-31(18-24)39-10-8-37(7-5-32)9-11-39/h2-4,6,16-18,20-21H,5,7-15,19,22H2,1H3. The van der Waals surface area contributed by atoms with Gasteiger partial charge in [0, 0.05) is 94.0 Å². The number of hydrogen-bond donors (Lipinski definition) is 0. The molecule has 214 valence electrons. The molecule has 2 saturated heterocycles. The lowest BCUT2D eigenvalue weighted by Gasteiger charge is -2.35. The molecular formula is C31H36FN7O2. The first-order valence-corrected chi connectivity index (χ1v) is 14.3. The summed E-state index contributed by atoms with van der Waals surface area (Å²) in [5, 5.41) is 6.63. The smallest absolute Gasteiger partial charge is 0.169 e. The number of aryl methyl sites for hydroxylation is 1. The van der Waals surface area contributed by atoms with Crippen molar-refractivity contribution < 1.29 is 13.9 Å². The molecule has 0 N–H and O–H groups in total. The van der Waals surface area contributed by atoms with Crippen LogP contribution in [0, 0.1) is 0 Å². The van der Waals surface area contributed by atoms with Crippen molar-refractivity contribution in [1.82, 2.24) is 29.5 Å². The largest absolute Gasteiger partial charge is 0.379 e. The van der Waals surface area contributed by atoms with E-state index in [0.717, 1.165) is 92.4 Å². The van der Waals surface area contributed by atoms with Crippen LogP contribution in [0.2, 0.25) is 0 Å². The topological polar surface area (TPSA) is 79.6 Å². The Kier molecular flexibility index (Phi) is 8.31. The van der Waals surface area contributed by atoms with Crippen molar-refractivity contribution in [2.24, 2.45) is 7.05 Å². The van der Waals surface area contributed by atoms with Crippen LogP contribution in [-0.2, 0) is 24.8 Å². The maximum atomic E-state index is 13.3. The van der Waals surface area contributed by atoms with Crippen molar-refractivity contribution in [2.45, 2.75) is 13.0 Å². The Morgan fingerprint density at radius 3 is 2.56 bits per heavy atom. The fourth-order valence-corrected chi connectivity index (χ4v) is 5.66. The number of hydrogen-bond acceptors (Lipinski definition) is 8. The molecule has 0 radical (unpaired) electrons. The van der Waals surface area contributed by atoms with Crippen molar-refractivity contribution in [3.8, 4) is 11.1 Å². The van der Waals surface area contributed by atoms with Crippen LogP contribution in [0.15, 0.2) is 55.0 Å². The van der Waals surface area contributed by atoms with Crippen molar-refractivity contribution in [2.75, 3.05) is 70.6 Å². The van der Waals surface area contributed by atoms with E-state index in [2.05, 4.69) is 48.0 Å². The van der Waals surface area contributed by atoms with Gasteiger partial charge in [-0.3, -0.25) is 24.3 Å².